The van der Waals surface area contributed by atoms with Crippen molar-refractivity contribution in [2.45, 2.75) is 20.3 Å². The van der Waals surface area contributed by atoms with E-state index in [1.54, 1.807) is 0 Å². The van der Waals surface area contributed by atoms with Crippen LogP contribution in [0.2, 0.25) is 0 Å². The lowest BCUT2D eigenvalue weighted by Crippen LogP contribution is -1.97. The molecule has 2 rings (SSSR count). The first kappa shape index (κ1) is 10.7. The van der Waals surface area contributed by atoms with E-state index in [0.717, 1.165) is 17.9 Å². The van der Waals surface area contributed by atoms with Crippen molar-refractivity contribution in [1.29, 1.82) is 0 Å². The second kappa shape index (κ2) is 4.84. The minimum Gasteiger partial charge on any atom is -0.461 e. The van der Waals surface area contributed by atoms with Crippen molar-refractivity contribution in [2.75, 3.05) is 0 Å². The predicted octanol–water partition coefficient (Wildman–Crippen LogP) is 4.16. The Kier molecular flexibility index (Phi) is 3.25. The van der Waals surface area contributed by atoms with Crippen molar-refractivity contribution in [3.05, 3.63) is 65.5 Å². The standard InChI is InChI=1S/C15H16O/c1-12-7-3-5-9-14(11-12)16-15-10-6-4-8-13(15)2/h3-10H,11H2,1-2H3. The zero-order chi connectivity index (χ0) is 11.4. The van der Waals surface area contributed by atoms with Crippen LogP contribution in [0.3, 0.4) is 0 Å². The van der Waals surface area contributed by atoms with Crippen LogP contribution >= 0.6 is 0 Å². The third-order valence-corrected chi connectivity index (χ3v) is 2.56. The summed E-state index contributed by atoms with van der Waals surface area (Å²) in [6.07, 6.45) is 9.08. The average molecular weight is 212 g/mol. The lowest BCUT2D eigenvalue weighted by atomic mass is 10.2. The lowest BCUT2D eigenvalue weighted by Gasteiger charge is -2.11. The number of hydrogen-bond acceptors (Lipinski definition) is 1. The quantitative estimate of drug-likeness (QED) is 0.715. The normalized spacial score (nSPS) is 15.1. The molecule has 0 spiro atoms. The average Bonchev–Trinajstić information content (AvgIpc) is 2.46. The van der Waals surface area contributed by atoms with Gasteiger partial charge in [-0.3, -0.25) is 0 Å². The zero-order valence-corrected chi connectivity index (χ0v) is 9.73. The largest absolute Gasteiger partial charge is 0.461 e. The maximum atomic E-state index is 5.91. The van der Waals surface area contributed by atoms with E-state index >= 15 is 0 Å². The molecule has 1 aliphatic rings. The van der Waals surface area contributed by atoms with Gasteiger partial charge in [-0.05, 0) is 31.6 Å². The molecule has 0 aliphatic heterocycles. The summed E-state index contributed by atoms with van der Waals surface area (Å²) >= 11 is 0. The number of para-hydroxylation sites is 1. The second-order valence-electron chi connectivity index (χ2n) is 4.08. The van der Waals surface area contributed by atoms with Crippen molar-refractivity contribution in [1.82, 2.24) is 0 Å². The van der Waals surface area contributed by atoms with E-state index in [4.69, 9.17) is 4.74 Å². The maximum absolute atomic E-state index is 5.91. The summed E-state index contributed by atoms with van der Waals surface area (Å²) in [5.74, 6) is 1.94. The van der Waals surface area contributed by atoms with E-state index in [-0.39, 0.29) is 0 Å². The minimum absolute atomic E-state index is 0.876. The van der Waals surface area contributed by atoms with Gasteiger partial charge in [-0.1, -0.05) is 42.0 Å². The van der Waals surface area contributed by atoms with Gasteiger partial charge in [0.05, 0.1) is 0 Å². The van der Waals surface area contributed by atoms with Crippen LogP contribution in [-0.2, 0) is 0 Å². The molecule has 0 saturated carbocycles. The maximum Gasteiger partial charge on any atom is 0.129 e. The molecule has 1 nitrogen and oxygen atoms in total. The molecule has 0 unspecified atom stereocenters. The summed E-state index contributed by atoms with van der Waals surface area (Å²) in [7, 11) is 0. The molecular formula is C15H16O. The van der Waals surface area contributed by atoms with E-state index in [1.807, 2.05) is 36.4 Å². The summed E-state index contributed by atoms with van der Waals surface area (Å²) in [5.41, 5.74) is 2.48. The molecule has 1 heteroatoms. The Bertz CT molecular complexity index is 464. The summed E-state index contributed by atoms with van der Waals surface area (Å²) in [5, 5.41) is 0. The summed E-state index contributed by atoms with van der Waals surface area (Å²) in [6.45, 7) is 4.18. The zero-order valence-electron chi connectivity index (χ0n) is 9.73. The van der Waals surface area contributed by atoms with Crippen molar-refractivity contribution < 1.29 is 4.74 Å². The Labute approximate surface area is 96.8 Å². The van der Waals surface area contributed by atoms with E-state index in [0.29, 0.717) is 0 Å². The SMILES string of the molecule is CC1=CC=CC=C(Oc2ccccc2C)C1. The summed E-state index contributed by atoms with van der Waals surface area (Å²) in [4.78, 5) is 0. The van der Waals surface area contributed by atoms with Crippen molar-refractivity contribution in [2.24, 2.45) is 0 Å². The fourth-order valence-electron chi connectivity index (χ4n) is 1.66. The topological polar surface area (TPSA) is 9.23 Å². The molecule has 1 aromatic carbocycles. The Hall–Kier alpha value is -1.76. The highest BCUT2D eigenvalue weighted by Gasteiger charge is 2.04. The molecule has 0 aromatic heterocycles. The van der Waals surface area contributed by atoms with Gasteiger partial charge in [0.15, 0.2) is 0 Å². The van der Waals surface area contributed by atoms with Gasteiger partial charge in [-0.2, -0.15) is 0 Å². The van der Waals surface area contributed by atoms with Crippen LogP contribution in [0.25, 0.3) is 0 Å². The van der Waals surface area contributed by atoms with Gasteiger partial charge in [0, 0.05) is 6.42 Å². The number of ether oxygens (including phenoxy) is 1. The molecule has 1 aromatic rings. The van der Waals surface area contributed by atoms with Crippen LogP contribution in [0.4, 0.5) is 0 Å². The molecule has 0 bridgehead atoms. The molecule has 0 radical (unpaired) electrons. The molecule has 0 saturated heterocycles. The Morgan fingerprint density at radius 1 is 1.00 bits per heavy atom. The van der Waals surface area contributed by atoms with Gasteiger partial charge in [0.1, 0.15) is 11.5 Å². The third kappa shape index (κ3) is 2.63. The molecular weight excluding hydrogens is 196 g/mol. The molecule has 0 heterocycles. The van der Waals surface area contributed by atoms with E-state index in [9.17, 15) is 0 Å². The highest BCUT2D eigenvalue weighted by Crippen LogP contribution is 2.23. The first-order chi connectivity index (χ1) is 7.75. The van der Waals surface area contributed by atoms with Crippen LogP contribution in [0.5, 0.6) is 5.75 Å². The monoisotopic (exact) mass is 212 g/mol. The van der Waals surface area contributed by atoms with Gasteiger partial charge in [-0.25, -0.2) is 0 Å². The Morgan fingerprint density at radius 3 is 2.56 bits per heavy atom. The highest BCUT2D eigenvalue weighted by atomic mass is 16.5. The number of allylic oxidation sites excluding steroid dienone is 5. The van der Waals surface area contributed by atoms with Gasteiger partial charge in [0.2, 0.25) is 0 Å². The van der Waals surface area contributed by atoms with E-state index in [1.165, 1.54) is 11.1 Å². The second-order valence-corrected chi connectivity index (χ2v) is 4.08. The van der Waals surface area contributed by atoms with Gasteiger partial charge in [0.25, 0.3) is 0 Å². The Balaban J connectivity index is 2.17. The van der Waals surface area contributed by atoms with Crippen LogP contribution in [0, 0.1) is 6.92 Å². The Morgan fingerprint density at radius 2 is 1.75 bits per heavy atom. The summed E-state index contributed by atoms with van der Waals surface area (Å²) in [6, 6.07) is 8.09. The van der Waals surface area contributed by atoms with Crippen molar-refractivity contribution >= 4 is 0 Å². The first-order valence-corrected chi connectivity index (χ1v) is 5.52. The van der Waals surface area contributed by atoms with Crippen molar-refractivity contribution in [3.8, 4) is 5.75 Å². The van der Waals surface area contributed by atoms with Gasteiger partial charge in [-0.15, -0.1) is 0 Å². The number of hydrogen-bond donors (Lipinski definition) is 0. The molecule has 16 heavy (non-hydrogen) atoms. The van der Waals surface area contributed by atoms with Crippen LogP contribution in [0.15, 0.2) is 59.9 Å². The van der Waals surface area contributed by atoms with Crippen LogP contribution in [0.1, 0.15) is 18.9 Å². The van der Waals surface area contributed by atoms with E-state index < -0.39 is 0 Å². The lowest BCUT2D eigenvalue weighted by molar-refractivity contribution is 0.410. The number of aryl methyl sites for hydroxylation is 1. The minimum atomic E-state index is 0.876. The molecule has 0 atom stereocenters. The highest BCUT2D eigenvalue weighted by molar-refractivity contribution is 5.35. The predicted molar refractivity (Wildman–Crippen MR) is 67.4 cm³/mol. The third-order valence-electron chi connectivity index (χ3n) is 2.56. The van der Waals surface area contributed by atoms with Crippen molar-refractivity contribution in [3.63, 3.8) is 0 Å². The van der Waals surface area contributed by atoms with Crippen LogP contribution < -0.4 is 4.74 Å². The number of benzene rings is 1. The molecule has 0 fully saturated rings. The fraction of sp³-hybridized carbons (Fsp3) is 0.200. The molecule has 1 aliphatic carbocycles. The van der Waals surface area contributed by atoms with Crippen LogP contribution in [-0.4, -0.2) is 0 Å². The van der Waals surface area contributed by atoms with Gasteiger partial charge < -0.3 is 4.74 Å². The van der Waals surface area contributed by atoms with E-state index in [2.05, 4.69) is 26.0 Å². The smallest absolute Gasteiger partial charge is 0.129 e. The molecule has 82 valence electrons. The molecule has 0 N–H and O–H groups in total. The summed E-state index contributed by atoms with van der Waals surface area (Å²) < 4.78 is 5.91. The number of rotatable bonds is 2. The first-order valence-electron chi connectivity index (χ1n) is 5.52. The van der Waals surface area contributed by atoms with Gasteiger partial charge >= 0.3 is 0 Å². The molecule has 0 amide bonds. The fourth-order valence-corrected chi connectivity index (χ4v) is 1.66.